The van der Waals surface area contributed by atoms with Crippen LogP contribution in [0.4, 0.5) is 5.13 Å². The summed E-state index contributed by atoms with van der Waals surface area (Å²) in [6, 6.07) is 29.2. The normalized spacial score (nSPS) is 11.1. The highest BCUT2D eigenvalue weighted by molar-refractivity contribution is 7.22. The van der Waals surface area contributed by atoms with Gasteiger partial charge in [0.2, 0.25) is 5.91 Å². The third-order valence-corrected chi connectivity index (χ3v) is 6.69. The second-order valence-electron chi connectivity index (χ2n) is 7.65. The van der Waals surface area contributed by atoms with E-state index in [1.165, 1.54) is 11.3 Å². The van der Waals surface area contributed by atoms with Crippen molar-refractivity contribution in [3.05, 3.63) is 125 Å². The quantitative estimate of drug-likeness (QED) is 0.277. The number of pyridine rings is 1. The summed E-state index contributed by atoms with van der Waals surface area (Å²) >= 11 is 7.66. The molecule has 3 aromatic carbocycles. The van der Waals surface area contributed by atoms with Gasteiger partial charge in [-0.2, -0.15) is 0 Å². The van der Waals surface area contributed by atoms with Gasteiger partial charge < -0.3 is 0 Å². The second kappa shape index (κ2) is 9.53. The van der Waals surface area contributed by atoms with Crippen LogP contribution in [0.1, 0.15) is 22.6 Å². The molecule has 0 aliphatic carbocycles. The molecular weight excluding hydrogens is 450 g/mol. The van der Waals surface area contributed by atoms with Crippen LogP contribution in [0.2, 0.25) is 5.02 Å². The van der Waals surface area contributed by atoms with Gasteiger partial charge in [0.05, 0.1) is 22.7 Å². The van der Waals surface area contributed by atoms with E-state index in [-0.39, 0.29) is 5.91 Å². The molecule has 0 atom stereocenters. The van der Waals surface area contributed by atoms with E-state index in [1.807, 2.05) is 91.0 Å². The first-order valence-corrected chi connectivity index (χ1v) is 11.7. The van der Waals surface area contributed by atoms with Gasteiger partial charge in [0.25, 0.3) is 0 Å². The average Bonchev–Trinajstić information content (AvgIpc) is 3.27. The number of carbonyl (C=O) groups excluding carboxylic acids is 1. The van der Waals surface area contributed by atoms with Crippen LogP contribution in [-0.4, -0.2) is 15.9 Å². The molecule has 0 unspecified atom stereocenters. The number of amides is 1. The van der Waals surface area contributed by atoms with Crippen molar-refractivity contribution in [3.63, 3.8) is 0 Å². The SMILES string of the molecule is O=C(C(c1ccccc1)c1ccccc1)N(Cc1cccnc1)c1nc2ccc(Cl)cc2s1. The molecule has 1 amide bonds. The first kappa shape index (κ1) is 21.3. The van der Waals surface area contributed by atoms with E-state index in [4.69, 9.17) is 16.6 Å². The first-order chi connectivity index (χ1) is 16.2. The van der Waals surface area contributed by atoms with E-state index in [1.54, 1.807) is 17.3 Å². The number of anilines is 1. The van der Waals surface area contributed by atoms with Gasteiger partial charge in [-0.1, -0.05) is 89.7 Å². The molecular formula is C27H20ClN3OS. The van der Waals surface area contributed by atoms with Crippen LogP contribution < -0.4 is 4.90 Å². The Morgan fingerprint density at radius 1 is 0.909 bits per heavy atom. The fourth-order valence-corrected chi connectivity index (χ4v) is 5.09. The number of thiazole rings is 1. The summed E-state index contributed by atoms with van der Waals surface area (Å²) in [6.45, 7) is 0.371. The third-order valence-electron chi connectivity index (χ3n) is 5.41. The van der Waals surface area contributed by atoms with E-state index in [0.717, 1.165) is 26.9 Å². The Morgan fingerprint density at radius 3 is 2.24 bits per heavy atom. The predicted octanol–water partition coefficient (Wildman–Crippen LogP) is 6.71. The van der Waals surface area contributed by atoms with Gasteiger partial charge in [-0.25, -0.2) is 4.98 Å². The number of carbonyl (C=O) groups is 1. The molecule has 0 aliphatic heterocycles. The molecule has 0 N–H and O–H groups in total. The van der Waals surface area contributed by atoms with Crippen molar-refractivity contribution in [1.82, 2.24) is 9.97 Å². The van der Waals surface area contributed by atoms with Crippen LogP contribution in [0.3, 0.4) is 0 Å². The van der Waals surface area contributed by atoms with Crippen LogP contribution in [0.15, 0.2) is 103 Å². The number of aromatic nitrogens is 2. The number of hydrogen-bond donors (Lipinski definition) is 0. The smallest absolute Gasteiger partial charge is 0.241 e. The second-order valence-corrected chi connectivity index (χ2v) is 9.09. The number of hydrogen-bond acceptors (Lipinski definition) is 4. The lowest BCUT2D eigenvalue weighted by Crippen LogP contribution is -2.35. The van der Waals surface area contributed by atoms with E-state index in [0.29, 0.717) is 16.7 Å². The van der Waals surface area contributed by atoms with Gasteiger partial charge in [0.1, 0.15) is 0 Å². The molecule has 0 aliphatic rings. The molecule has 0 bridgehead atoms. The monoisotopic (exact) mass is 469 g/mol. The topological polar surface area (TPSA) is 46.1 Å². The van der Waals surface area contributed by atoms with Crippen molar-refractivity contribution >= 4 is 44.2 Å². The van der Waals surface area contributed by atoms with Gasteiger partial charge in [-0.05, 0) is 41.0 Å². The van der Waals surface area contributed by atoms with E-state index >= 15 is 0 Å². The molecule has 6 heteroatoms. The highest BCUT2D eigenvalue weighted by atomic mass is 35.5. The molecule has 162 valence electrons. The number of benzene rings is 3. The van der Waals surface area contributed by atoms with Crippen LogP contribution in [0.5, 0.6) is 0 Å². The Kier molecular flexibility index (Phi) is 6.15. The van der Waals surface area contributed by atoms with Crippen molar-refractivity contribution in [3.8, 4) is 0 Å². The number of halogens is 1. The fraction of sp³-hybridized carbons (Fsp3) is 0.0741. The minimum atomic E-state index is -0.459. The van der Waals surface area contributed by atoms with Crippen LogP contribution in [0, 0.1) is 0 Å². The van der Waals surface area contributed by atoms with E-state index in [2.05, 4.69) is 4.98 Å². The Bertz CT molecular complexity index is 1330. The molecule has 0 radical (unpaired) electrons. The first-order valence-electron chi connectivity index (χ1n) is 10.6. The summed E-state index contributed by atoms with van der Waals surface area (Å²) in [5.41, 5.74) is 3.63. The molecule has 0 spiro atoms. The van der Waals surface area contributed by atoms with Crippen molar-refractivity contribution < 1.29 is 4.79 Å². The predicted molar refractivity (Wildman–Crippen MR) is 135 cm³/mol. The highest BCUT2D eigenvalue weighted by Gasteiger charge is 2.30. The maximum absolute atomic E-state index is 14.2. The van der Waals surface area contributed by atoms with Crippen molar-refractivity contribution in [2.75, 3.05) is 4.90 Å². The number of rotatable bonds is 6. The molecule has 33 heavy (non-hydrogen) atoms. The summed E-state index contributed by atoms with van der Waals surface area (Å²) in [5, 5.41) is 1.28. The largest absolute Gasteiger partial charge is 0.283 e. The lowest BCUT2D eigenvalue weighted by atomic mass is 9.90. The van der Waals surface area contributed by atoms with Gasteiger partial charge in [0, 0.05) is 17.4 Å². The highest BCUT2D eigenvalue weighted by Crippen LogP contribution is 2.35. The molecule has 5 aromatic rings. The maximum Gasteiger partial charge on any atom is 0.241 e. The molecule has 0 saturated carbocycles. The Hall–Kier alpha value is -3.54. The standard InChI is InChI=1S/C27H20ClN3OS/c28-22-13-14-23-24(16-22)33-27(30-23)31(18-19-8-7-15-29-17-19)26(32)25(20-9-3-1-4-10-20)21-11-5-2-6-12-21/h1-17,25H,18H2. The molecule has 0 fully saturated rings. The van der Waals surface area contributed by atoms with Crippen molar-refractivity contribution in [1.29, 1.82) is 0 Å². The Balaban J connectivity index is 1.62. The molecule has 5 rings (SSSR count). The van der Waals surface area contributed by atoms with E-state index < -0.39 is 5.92 Å². The zero-order valence-corrected chi connectivity index (χ0v) is 19.2. The summed E-state index contributed by atoms with van der Waals surface area (Å²) in [5.74, 6) is -0.499. The van der Waals surface area contributed by atoms with Crippen LogP contribution in [-0.2, 0) is 11.3 Å². The molecule has 0 saturated heterocycles. The minimum Gasteiger partial charge on any atom is -0.283 e. The minimum absolute atomic E-state index is 0.0404. The lowest BCUT2D eigenvalue weighted by molar-refractivity contribution is -0.119. The number of fused-ring (bicyclic) bond motifs is 1. The van der Waals surface area contributed by atoms with Gasteiger partial charge in [0.15, 0.2) is 5.13 Å². The molecule has 2 aromatic heterocycles. The summed E-state index contributed by atoms with van der Waals surface area (Å²) in [7, 11) is 0. The van der Waals surface area contributed by atoms with Crippen molar-refractivity contribution in [2.24, 2.45) is 0 Å². The fourth-order valence-electron chi connectivity index (χ4n) is 3.84. The molecule has 4 nitrogen and oxygen atoms in total. The van der Waals surface area contributed by atoms with E-state index in [9.17, 15) is 4.79 Å². The maximum atomic E-state index is 14.2. The molecule has 2 heterocycles. The van der Waals surface area contributed by atoms with Crippen molar-refractivity contribution in [2.45, 2.75) is 12.5 Å². The van der Waals surface area contributed by atoms with Gasteiger partial charge in [-0.15, -0.1) is 0 Å². The summed E-state index contributed by atoms with van der Waals surface area (Å²) in [6.07, 6.45) is 3.51. The van der Waals surface area contributed by atoms with Gasteiger partial charge >= 0.3 is 0 Å². The van der Waals surface area contributed by atoms with Gasteiger partial charge in [-0.3, -0.25) is 14.7 Å². The Morgan fingerprint density at radius 2 is 1.61 bits per heavy atom. The zero-order chi connectivity index (χ0) is 22.6. The average molecular weight is 470 g/mol. The summed E-state index contributed by atoms with van der Waals surface area (Å²) in [4.78, 5) is 25.0. The lowest BCUT2D eigenvalue weighted by Gasteiger charge is -2.26. The number of nitrogens with zero attached hydrogens (tertiary/aromatic N) is 3. The zero-order valence-electron chi connectivity index (χ0n) is 17.6. The summed E-state index contributed by atoms with van der Waals surface area (Å²) < 4.78 is 0.942. The Labute approximate surface area is 201 Å². The van der Waals surface area contributed by atoms with Crippen LogP contribution >= 0.6 is 22.9 Å². The third kappa shape index (κ3) is 4.65. The van der Waals surface area contributed by atoms with Crippen LogP contribution in [0.25, 0.3) is 10.2 Å².